The van der Waals surface area contributed by atoms with Crippen molar-refractivity contribution in [3.63, 3.8) is 0 Å². The Balaban J connectivity index is 2.01. The number of benzene rings is 2. The van der Waals surface area contributed by atoms with Gasteiger partial charge in [0.1, 0.15) is 5.75 Å². The van der Waals surface area contributed by atoms with Gasteiger partial charge in [-0.1, -0.05) is 24.3 Å². The lowest BCUT2D eigenvalue weighted by Crippen LogP contribution is -2.19. The second-order valence-electron chi connectivity index (χ2n) is 6.26. The number of ether oxygens (including phenoxy) is 2. The molecule has 31 heavy (non-hydrogen) atoms. The van der Waals surface area contributed by atoms with Crippen molar-refractivity contribution in [3.05, 3.63) is 59.7 Å². The van der Waals surface area contributed by atoms with Crippen molar-refractivity contribution in [2.45, 2.75) is 6.42 Å². The Hall–Kier alpha value is -3.63. The van der Waals surface area contributed by atoms with E-state index in [4.69, 9.17) is 20.3 Å². The molecule has 2 rings (SSSR count). The highest BCUT2D eigenvalue weighted by Crippen LogP contribution is 2.29. The SMILES string of the molecule is COc1cc(/C=C/C(=O)CC(=O)/C=C/c2ccc(OS(N)(=O)=O)c(OC)c2)ccc1N. The van der Waals surface area contributed by atoms with Crippen molar-refractivity contribution >= 4 is 39.7 Å². The predicted octanol–water partition coefficient (Wildman–Crippen LogP) is 2.12. The lowest BCUT2D eigenvalue weighted by molar-refractivity contribution is -0.121. The van der Waals surface area contributed by atoms with Gasteiger partial charge in [0.05, 0.1) is 26.3 Å². The van der Waals surface area contributed by atoms with Crippen LogP contribution in [-0.4, -0.2) is 34.2 Å². The molecule has 0 atom stereocenters. The molecule has 9 nitrogen and oxygen atoms in total. The van der Waals surface area contributed by atoms with Gasteiger partial charge in [-0.05, 0) is 47.5 Å². The van der Waals surface area contributed by atoms with E-state index in [0.29, 0.717) is 22.6 Å². The highest BCUT2D eigenvalue weighted by molar-refractivity contribution is 7.84. The van der Waals surface area contributed by atoms with E-state index in [1.54, 1.807) is 24.3 Å². The number of ketones is 2. The number of rotatable bonds is 10. The molecule has 0 aliphatic heterocycles. The Morgan fingerprint density at radius 1 is 0.871 bits per heavy atom. The third-order valence-electron chi connectivity index (χ3n) is 3.92. The summed E-state index contributed by atoms with van der Waals surface area (Å²) in [5.74, 6) is -0.271. The number of allylic oxidation sites excluding steroid dienone is 2. The molecular formula is C21H22N2O7S. The van der Waals surface area contributed by atoms with Crippen LogP contribution in [0.5, 0.6) is 17.2 Å². The molecular weight excluding hydrogens is 424 g/mol. The van der Waals surface area contributed by atoms with Gasteiger partial charge in [-0.15, -0.1) is 0 Å². The molecule has 0 saturated heterocycles. The van der Waals surface area contributed by atoms with Gasteiger partial charge in [-0.25, -0.2) is 0 Å². The average molecular weight is 446 g/mol. The first kappa shape index (κ1) is 23.6. The maximum absolute atomic E-state index is 12.1. The van der Waals surface area contributed by atoms with E-state index in [1.165, 1.54) is 50.6 Å². The Labute approximate surface area is 180 Å². The van der Waals surface area contributed by atoms with Gasteiger partial charge >= 0.3 is 10.3 Å². The Bertz CT molecular complexity index is 1140. The molecule has 0 fully saturated rings. The third-order valence-corrected chi connectivity index (χ3v) is 4.33. The van der Waals surface area contributed by atoms with Crippen LogP contribution in [0.1, 0.15) is 17.5 Å². The van der Waals surface area contributed by atoms with Gasteiger partial charge < -0.3 is 19.4 Å². The monoisotopic (exact) mass is 446 g/mol. The van der Waals surface area contributed by atoms with Crippen LogP contribution in [0.3, 0.4) is 0 Å². The average Bonchev–Trinajstić information content (AvgIpc) is 2.71. The highest BCUT2D eigenvalue weighted by atomic mass is 32.2. The second-order valence-corrected chi connectivity index (χ2v) is 7.42. The molecule has 10 heteroatoms. The van der Waals surface area contributed by atoms with Crippen LogP contribution in [0.2, 0.25) is 0 Å². The van der Waals surface area contributed by atoms with Crippen molar-refractivity contribution < 1.29 is 31.7 Å². The highest BCUT2D eigenvalue weighted by Gasteiger charge is 2.11. The van der Waals surface area contributed by atoms with E-state index in [9.17, 15) is 18.0 Å². The van der Waals surface area contributed by atoms with Crippen LogP contribution in [0.15, 0.2) is 48.6 Å². The Kier molecular flexibility index (Phi) is 7.94. The standard InChI is InChI=1S/C21H22N2O7S/c1-28-20-11-14(5-9-18(20)22)3-7-16(24)13-17(25)8-4-15-6-10-19(21(12-15)29-2)30-31(23,26)27/h3-12H,13,22H2,1-2H3,(H2,23,26,27)/b7-3+,8-4+. The molecule has 0 bridgehead atoms. The lowest BCUT2D eigenvalue weighted by atomic mass is 10.1. The normalized spacial score (nSPS) is 11.6. The molecule has 0 heterocycles. The molecule has 4 N–H and O–H groups in total. The summed E-state index contributed by atoms with van der Waals surface area (Å²) in [5.41, 5.74) is 7.46. The molecule has 0 amide bonds. The minimum absolute atomic E-state index is 0.0897. The van der Waals surface area contributed by atoms with Crippen molar-refractivity contribution in [3.8, 4) is 17.2 Å². The molecule has 2 aromatic rings. The summed E-state index contributed by atoms with van der Waals surface area (Å²) in [4.78, 5) is 24.1. The zero-order chi connectivity index (χ0) is 23.0. The van der Waals surface area contributed by atoms with E-state index >= 15 is 0 Å². The number of nitrogens with two attached hydrogens (primary N) is 2. The minimum Gasteiger partial charge on any atom is -0.495 e. The third kappa shape index (κ3) is 7.61. The minimum atomic E-state index is -4.20. The zero-order valence-corrected chi connectivity index (χ0v) is 17.7. The van der Waals surface area contributed by atoms with Crippen molar-refractivity contribution in [2.24, 2.45) is 5.14 Å². The largest absolute Gasteiger partial charge is 0.495 e. The van der Waals surface area contributed by atoms with Gasteiger partial charge in [0.2, 0.25) is 0 Å². The van der Waals surface area contributed by atoms with Crippen LogP contribution in [0.25, 0.3) is 12.2 Å². The fourth-order valence-corrected chi connectivity index (χ4v) is 2.87. The number of anilines is 1. The first-order valence-corrected chi connectivity index (χ1v) is 10.3. The van der Waals surface area contributed by atoms with Gasteiger partial charge in [0.15, 0.2) is 23.1 Å². The zero-order valence-electron chi connectivity index (χ0n) is 16.9. The van der Waals surface area contributed by atoms with Crippen molar-refractivity contribution in [1.82, 2.24) is 0 Å². The molecule has 0 saturated carbocycles. The maximum atomic E-state index is 12.1. The molecule has 0 spiro atoms. The molecule has 0 aliphatic rings. The number of hydrogen-bond acceptors (Lipinski definition) is 8. The summed E-state index contributed by atoms with van der Waals surface area (Å²) in [7, 11) is -1.39. The Morgan fingerprint density at radius 2 is 1.39 bits per heavy atom. The van der Waals surface area contributed by atoms with Crippen LogP contribution in [0, 0.1) is 0 Å². The predicted molar refractivity (Wildman–Crippen MR) is 117 cm³/mol. The number of carbonyl (C=O) groups excluding carboxylic acids is 2. The van der Waals surface area contributed by atoms with Crippen LogP contribution in [-0.2, 0) is 19.9 Å². The van der Waals surface area contributed by atoms with E-state index in [0.717, 1.165) is 0 Å². The van der Waals surface area contributed by atoms with Gasteiger partial charge in [-0.2, -0.15) is 13.6 Å². The summed E-state index contributed by atoms with van der Waals surface area (Å²) < 4.78 is 36.9. The van der Waals surface area contributed by atoms with Crippen LogP contribution in [0.4, 0.5) is 5.69 Å². The fraction of sp³-hybridized carbons (Fsp3) is 0.143. The van der Waals surface area contributed by atoms with Crippen LogP contribution >= 0.6 is 0 Å². The first-order chi connectivity index (χ1) is 14.6. The number of nitrogen functional groups attached to an aromatic ring is 1. The van der Waals surface area contributed by atoms with Gasteiger partial charge in [0, 0.05) is 0 Å². The van der Waals surface area contributed by atoms with E-state index in [2.05, 4.69) is 4.18 Å². The van der Waals surface area contributed by atoms with Gasteiger partial charge in [0.25, 0.3) is 0 Å². The van der Waals surface area contributed by atoms with Gasteiger partial charge in [-0.3, -0.25) is 9.59 Å². The molecule has 2 aromatic carbocycles. The maximum Gasteiger partial charge on any atom is 0.380 e. The van der Waals surface area contributed by atoms with Crippen molar-refractivity contribution in [1.29, 1.82) is 0 Å². The summed E-state index contributed by atoms with van der Waals surface area (Å²) >= 11 is 0. The molecule has 0 aliphatic carbocycles. The molecule has 0 radical (unpaired) electrons. The summed E-state index contributed by atoms with van der Waals surface area (Å²) in [6.45, 7) is 0. The second kappa shape index (κ2) is 10.4. The van der Waals surface area contributed by atoms with E-state index in [-0.39, 0.29) is 23.7 Å². The number of hydrogen-bond donors (Lipinski definition) is 2. The quantitative estimate of drug-likeness (QED) is 0.320. The summed E-state index contributed by atoms with van der Waals surface area (Å²) in [6.07, 6.45) is 5.26. The smallest absolute Gasteiger partial charge is 0.380 e. The topological polar surface area (TPSA) is 148 Å². The Morgan fingerprint density at radius 3 is 1.90 bits per heavy atom. The lowest BCUT2D eigenvalue weighted by Gasteiger charge is -2.08. The summed E-state index contributed by atoms with van der Waals surface area (Å²) in [5, 5.41) is 4.84. The van der Waals surface area contributed by atoms with E-state index < -0.39 is 16.1 Å². The molecule has 0 aromatic heterocycles. The summed E-state index contributed by atoms with van der Waals surface area (Å²) in [6, 6.07) is 9.35. The molecule has 0 unspecified atom stereocenters. The van der Waals surface area contributed by atoms with Crippen molar-refractivity contribution in [2.75, 3.05) is 20.0 Å². The number of methoxy groups -OCH3 is 2. The van der Waals surface area contributed by atoms with Crippen LogP contribution < -0.4 is 24.5 Å². The molecule has 164 valence electrons. The number of carbonyl (C=O) groups is 2. The fourth-order valence-electron chi connectivity index (χ4n) is 2.48. The first-order valence-electron chi connectivity index (χ1n) is 8.87. The van der Waals surface area contributed by atoms with E-state index in [1.807, 2.05) is 0 Å².